The van der Waals surface area contributed by atoms with E-state index in [4.69, 9.17) is 25.5 Å². The van der Waals surface area contributed by atoms with Gasteiger partial charge in [0.2, 0.25) is 0 Å². The Kier molecular flexibility index (Phi) is 4.39. The second-order valence-corrected chi connectivity index (χ2v) is 2.76. The van der Waals surface area contributed by atoms with Crippen molar-refractivity contribution in [1.29, 1.82) is 0 Å². The highest BCUT2D eigenvalue weighted by atomic mass is 16.6. The standard InChI is InChI=1S/C6H10O7.H2O/c7-1-2(8)4(5(10)11)13-6(12)3(1)9;/h1-4,6-9,12H,(H,10,11);1H2/t1-,2?,3?,4?,6?;/m0./s1. The van der Waals surface area contributed by atoms with Crippen LogP contribution in [0.2, 0.25) is 0 Å². The SMILES string of the molecule is O.O=C(O)C1OC(O)C(O)[C@@H](O)C1O. The molecule has 8 heteroatoms. The molecule has 0 spiro atoms. The molecule has 84 valence electrons. The smallest absolute Gasteiger partial charge is 0.335 e. The number of carboxylic acid groups (broad SMARTS) is 1. The van der Waals surface area contributed by atoms with Crippen LogP contribution < -0.4 is 0 Å². The van der Waals surface area contributed by atoms with E-state index < -0.39 is 36.7 Å². The highest BCUT2D eigenvalue weighted by Gasteiger charge is 2.46. The van der Waals surface area contributed by atoms with Gasteiger partial charge >= 0.3 is 5.97 Å². The Morgan fingerprint density at radius 3 is 1.93 bits per heavy atom. The van der Waals surface area contributed by atoms with Gasteiger partial charge in [-0.3, -0.25) is 0 Å². The molecule has 0 radical (unpaired) electrons. The van der Waals surface area contributed by atoms with Crippen molar-refractivity contribution in [3.63, 3.8) is 0 Å². The van der Waals surface area contributed by atoms with Gasteiger partial charge in [-0.1, -0.05) is 0 Å². The number of rotatable bonds is 1. The number of ether oxygens (including phenoxy) is 1. The first-order valence-corrected chi connectivity index (χ1v) is 3.55. The molecule has 1 rings (SSSR count). The summed E-state index contributed by atoms with van der Waals surface area (Å²) < 4.78 is 4.34. The van der Waals surface area contributed by atoms with E-state index in [2.05, 4.69) is 4.74 Å². The number of carbonyl (C=O) groups is 1. The predicted octanol–water partition coefficient (Wildman–Crippen LogP) is -3.95. The maximum Gasteiger partial charge on any atom is 0.335 e. The van der Waals surface area contributed by atoms with E-state index in [0.717, 1.165) is 0 Å². The van der Waals surface area contributed by atoms with Gasteiger partial charge in [-0.2, -0.15) is 0 Å². The van der Waals surface area contributed by atoms with Gasteiger partial charge in [0.1, 0.15) is 18.3 Å². The van der Waals surface area contributed by atoms with Crippen LogP contribution in [0.3, 0.4) is 0 Å². The molecule has 0 saturated carbocycles. The second-order valence-electron chi connectivity index (χ2n) is 2.76. The molecule has 1 heterocycles. The molecule has 4 unspecified atom stereocenters. The Morgan fingerprint density at radius 1 is 1.00 bits per heavy atom. The van der Waals surface area contributed by atoms with E-state index in [9.17, 15) is 4.79 Å². The van der Waals surface area contributed by atoms with Gasteiger partial charge in [-0.05, 0) is 0 Å². The maximum absolute atomic E-state index is 10.4. The van der Waals surface area contributed by atoms with E-state index in [1.54, 1.807) is 0 Å². The number of hydrogen-bond donors (Lipinski definition) is 5. The summed E-state index contributed by atoms with van der Waals surface area (Å²) in [7, 11) is 0. The number of aliphatic hydroxyl groups excluding tert-OH is 4. The average Bonchev–Trinajstić information content (AvgIpc) is 2.07. The van der Waals surface area contributed by atoms with Crippen LogP contribution in [0, 0.1) is 0 Å². The van der Waals surface area contributed by atoms with Crippen molar-refractivity contribution in [2.24, 2.45) is 0 Å². The van der Waals surface area contributed by atoms with Crippen LogP contribution in [0.15, 0.2) is 0 Å². The first kappa shape index (κ1) is 13.2. The van der Waals surface area contributed by atoms with Crippen LogP contribution in [0.1, 0.15) is 0 Å². The van der Waals surface area contributed by atoms with Gasteiger partial charge in [0.15, 0.2) is 12.4 Å². The van der Waals surface area contributed by atoms with Crippen LogP contribution >= 0.6 is 0 Å². The lowest BCUT2D eigenvalue weighted by Gasteiger charge is -2.36. The minimum absolute atomic E-state index is 0. The molecule has 0 aromatic heterocycles. The zero-order valence-electron chi connectivity index (χ0n) is 6.94. The first-order chi connectivity index (χ1) is 5.95. The molecular formula is C6H12O8. The molecule has 0 bridgehead atoms. The fourth-order valence-electron chi connectivity index (χ4n) is 1.07. The zero-order valence-corrected chi connectivity index (χ0v) is 6.94. The molecule has 1 fully saturated rings. The topological polar surface area (TPSA) is 159 Å². The van der Waals surface area contributed by atoms with Crippen LogP contribution in [-0.2, 0) is 9.53 Å². The molecule has 5 atom stereocenters. The van der Waals surface area contributed by atoms with E-state index >= 15 is 0 Å². The Bertz CT molecular complexity index is 206. The van der Waals surface area contributed by atoms with E-state index in [1.807, 2.05) is 0 Å². The third-order valence-electron chi connectivity index (χ3n) is 1.83. The van der Waals surface area contributed by atoms with Crippen LogP contribution in [0.25, 0.3) is 0 Å². The average molecular weight is 212 g/mol. The predicted molar refractivity (Wildman–Crippen MR) is 40.1 cm³/mol. The van der Waals surface area contributed by atoms with Crippen molar-refractivity contribution in [2.45, 2.75) is 30.7 Å². The molecular weight excluding hydrogens is 200 g/mol. The molecule has 14 heavy (non-hydrogen) atoms. The number of aliphatic hydroxyl groups is 4. The van der Waals surface area contributed by atoms with Gasteiger partial charge in [0.25, 0.3) is 0 Å². The third kappa shape index (κ3) is 2.18. The van der Waals surface area contributed by atoms with E-state index in [1.165, 1.54) is 0 Å². The highest BCUT2D eigenvalue weighted by Crippen LogP contribution is 2.19. The molecule has 1 aliphatic rings. The summed E-state index contributed by atoms with van der Waals surface area (Å²) in [5.41, 5.74) is 0. The van der Waals surface area contributed by atoms with Crippen molar-refractivity contribution in [1.82, 2.24) is 0 Å². The normalized spacial score (nSPS) is 42.7. The summed E-state index contributed by atoms with van der Waals surface area (Å²) in [5.74, 6) is -1.52. The lowest BCUT2D eigenvalue weighted by Crippen LogP contribution is -2.59. The minimum Gasteiger partial charge on any atom is -0.479 e. The number of aliphatic carboxylic acids is 1. The van der Waals surface area contributed by atoms with Crippen LogP contribution in [-0.4, -0.2) is 67.7 Å². The Morgan fingerprint density at radius 2 is 1.50 bits per heavy atom. The van der Waals surface area contributed by atoms with Crippen molar-refractivity contribution in [2.75, 3.05) is 0 Å². The molecule has 0 aromatic rings. The van der Waals surface area contributed by atoms with Gasteiger partial charge < -0.3 is 35.7 Å². The Labute approximate surface area is 78.3 Å². The monoisotopic (exact) mass is 212 g/mol. The van der Waals surface area contributed by atoms with Gasteiger partial charge in [0.05, 0.1) is 0 Å². The summed E-state index contributed by atoms with van der Waals surface area (Å²) >= 11 is 0. The lowest BCUT2D eigenvalue weighted by molar-refractivity contribution is -0.279. The molecule has 8 nitrogen and oxygen atoms in total. The molecule has 0 aromatic carbocycles. The van der Waals surface area contributed by atoms with Crippen molar-refractivity contribution in [3.05, 3.63) is 0 Å². The molecule has 7 N–H and O–H groups in total. The van der Waals surface area contributed by atoms with Crippen LogP contribution in [0.5, 0.6) is 0 Å². The summed E-state index contributed by atoms with van der Waals surface area (Å²) in [6.45, 7) is 0. The summed E-state index contributed by atoms with van der Waals surface area (Å²) in [6.07, 6.45) is -8.72. The van der Waals surface area contributed by atoms with E-state index in [-0.39, 0.29) is 5.48 Å². The van der Waals surface area contributed by atoms with Crippen molar-refractivity contribution in [3.8, 4) is 0 Å². The number of carboxylic acids is 1. The lowest BCUT2D eigenvalue weighted by atomic mass is 9.99. The van der Waals surface area contributed by atoms with Gasteiger partial charge in [-0.25, -0.2) is 4.79 Å². The fraction of sp³-hybridized carbons (Fsp3) is 0.833. The molecule has 1 saturated heterocycles. The Balaban J connectivity index is 0.00000169. The van der Waals surface area contributed by atoms with Crippen LogP contribution in [0.4, 0.5) is 0 Å². The van der Waals surface area contributed by atoms with Gasteiger partial charge in [-0.15, -0.1) is 0 Å². The molecule has 0 aliphatic carbocycles. The zero-order chi connectivity index (χ0) is 10.2. The number of hydrogen-bond acceptors (Lipinski definition) is 6. The first-order valence-electron chi connectivity index (χ1n) is 3.55. The Hall–Kier alpha value is -0.770. The quantitative estimate of drug-likeness (QED) is 0.296. The largest absolute Gasteiger partial charge is 0.479 e. The maximum atomic E-state index is 10.4. The molecule has 1 aliphatic heterocycles. The highest BCUT2D eigenvalue weighted by molar-refractivity contribution is 5.73. The summed E-state index contributed by atoms with van der Waals surface area (Å²) in [6, 6.07) is 0. The summed E-state index contributed by atoms with van der Waals surface area (Å²) in [4.78, 5) is 10.4. The second kappa shape index (κ2) is 4.64. The summed E-state index contributed by atoms with van der Waals surface area (Å²) in [5, 5.41) is 44.4. The minimum atomic E-state index is -1.81. The van der Waals surface area contributed by atoms with E-state index in [0.29, 0.717) is 0 Å². The van der Waals surface area contributed by atoms with Crippen molar-refractivity contribution >= 4 is 5.97 Å². The van der Waals surface area contributed by atoms with Gasteiger partial charge in [0, 0.05) is 0 Å². The third-order valence-corrected chi connectivity index (χ3v) is 1.83. The molecule has 0 amide bonds. The fourth-order valence-corrected chi connectivity index (χ4v) is 1.07. The van der Waals surface area contributed by atoms with Crippen molar-refractivity contribution < 1.29 is 40.5 Å².